The van der Waals surface area contributed by atoms with E-state index in [-0.39, 0.29) is 0 Å². The predicted molar refractivity (Wildman–Crippen MR) is 94.1 cm³/mol. The van der Waals surface area contributed by atoms with Gasteiger partial charge in [-0.25, -0.2) is 4.98 Å². The number of aryl methyl sites for hydroxylation is 1. The van der Waals surface area contributed by atoms with Crippen LogP contribution in [-0.4, -0.2) is 32.7 Å². The summed E-state index contributed by atoms with van der Waals surface area (Å²) in [5.74, 6) is 1.45. The second kappa shape index (κ2) is 6.57. The molecule has 1 aliphatic heterocycles. The lowest BCUT2D eigenvalue weighted by molar-refractivity contribution is 0.455. The van der Waals surface area contributed by atoms with Crippen LogP contribution in [0.1, 0.15) is 35.6 Å². The summed E-state index contributed by atoms with van der Waals surface area (Å²) in [4.78, 5) is 9.05. The number of fused-ring (bicyclic) bond motifs is 1. The summed E-state index contributed by atoms with van der Waals surface area (Å²) in [5.41, 5.74) is 4.33. The second-order valence-electron chi connectivity index (χ2n) is 6.39. The number of nitrogens with zero attached hydrogens (tertiary/aromatic N) is 4. The molecular weight excluding hydrogens is 300 g/mol. The van der Waals surface area contributed by atoms with Crippen LogP contribution in [0.25, 0.3) is 5.65 Å². The van der Waals surface area contributed by atoms with Crippen molar-refractivity contribution >= 4 is 11.5 Å². The first kappa shape index (κ1) is 15.1. The van der Waals surface area contributed by atoms with E-state index in [1.54, 1.807) is 6.20 Å². The van der Waals surface area contributed by atoms with Crippen LogP contribution in [0.5, 0.6) is 0 Å². The van der Waals surface area contributed by atoms with E-state index in [0.29, 0.717) is 12.5 Å². The maximum absolute atomic E-state index is 4.88. The fourth-order valence-electron chi connectivity index (χ4n) is 3.23. The number of pyridine rings is 1. The Kier molecular flexibility index (Phi) is 4.13. The summed E-state index contributed by atoms with van der Waals surface area (Å²) < 4.78 is 1.89. The molecule has 2 N–H and O–H groups in total. The maximum atomic E-state index is 4.88. The van der Waals surface area contributed by atoms with Crippen molar-refractivity contribution in [1.29, 1.82) is 0 Å². The van der Waals surface area contributed by atoms with Gasteiger partial charge in [0.05, 0.1) is 11.9 Å². The van der Waals surface area contributed by atoms with Gasteiger partial charge in [0.1, 0.15) is 5.82 Å². The van der Waals surface area contributed by atoms with Crippen LogP contribution in [0.15, 0.2) is 36.8 Å². The molecule has 0 aliphatic carbocycles. The fourth-order valence-corrected chi connectivity index (χ4v) is 3.23. The van der Waals surface area contributed by atoms with Gasteiger partial charge in [0, 0.05) is 43.0 Å². The van der Waals surface area contributed by atoms with Gasteiger partial charge in [-0.3, -0.25) is 4.98 Å². The zero-order chi connectivity index (χ0) is 16.4. The van der Waals surface area contributed by atoms with Gasteiger partial charge in [0.2, 0.25) is 0 Å². The maximum Gasteiger partial charge on any atom is 0.160 e. The first-order valence-corrected chi connectivity index (χ1v) is 8.50. The first-order chi connectivity index (χ1) is 11.8. The minimum atomic E-state index is 0.469. The quantitative estimate of drug-likeness (QED) is 0.772. The minimum Gasteiger partial charge on any atom is -0.366 e. The number of hydrogen-bond donors (Lipinski definition) is 2. The van der Waals surface area contributed by atoms with Crippen molar-refractivity contribution in [1.82, 2.24) is 24.9 Å². The summed E-state index contributed by atoms with van der Waals surface area (Å²) in [5, 5.41) is 11.4. The number of hydrogen-bond acceptors (Lipinski definition) is 5. The number of anilines is 1. The average Bonchev–Trinajstić information content (AvgIpc) is 3.02. The van der Waals surface area contributed by atoms with Crippen molar-refractivity contribution in [2.24, 2.45) is 0 Å². The molecular formula is C18H22N6. The van der Waals surface area contributed by atoms with Crippen LogP contribution in [0.4, 0.5) is 5.82 Å². The van der Waals surface area contributed by atoms with Crippen molar-refractivity contribution in [3.63, 3.8) is 0 Å². The van der Waals surface area contributed by atoms with E-state index < -0.39 is 0 Å². The topological polar surface area (TPSA) is 67.1 Å². The van der Waals surface area contributed by atoms with Gasteiger partial charge in [-0.15, -0.1) is 0 Å². The number of aromatic nitrogens is 4. The Labute approximate surface area is 141 Å². The molecule has 0 amide bonds. The van der Waals surface area contributed by atoms with Gasteiger partial charge in [-0.05, 0) is 37.9 Å². The SMILES string of the molecule is Cc1cnn2c(NCc3cccnc3)cc(C3CCCNC3)nc12. The standard InChI is InChI=1S/C18H22N6/c1-13-9-22-24-17(21-11-14-4-2-6-19-10-14)8-16(23-18(13)24)15-5-3-7-20-12-15/h2,4,6,8-10,15,20-21H,3,5,7,11-12H2,1H3. The number of rotatable bonds is 4. The molecule has 0 radical (unpaired) electrons. The summed E-state index contributed by atoms with van der Waals surface area (Å²) >= 11 is 0. The molecule has 6 nitrogen and oxygen atoms in total. The zero-order valence-electron chi connectivity index (χ0n) is 13.9. The van der Waals surface area contributed by atoms with Crippen LogP contribution < -0.4 is 10.6 Å². The van der Waals surface area contributed by atoms with Crippen molar-refractivity contribution in [2.75, 3.05) is 18.4 Å². The molecule has 1 atom stereocenters. The van der Waals surface area contributed by atoms with Crippen LogP contribution in [0.2, 0.25) is 0 Å². The van der Waals surface area contributed by atoms with Gasteiger partial charge in [0.25, 0.3) is 0 Å². The first-order valence-electron chi connectivity index (χ1n) is 8.50. The third-order valence-corrected chi connectivity index (χ3v) is 4.58. The molecule has 6 heteroatoms. The average molecular weight is 322 g/mol. The Balaban J connectivity index is 1.67. The highest BCUT2D eigenvalue weighted by molar-refractivity contribution is 5.54. The van der Waals surface area contributed by atoms with Gasteiger partial charge >= 0.3 is 0 Å². The molecule has 124 valence electrons. The summed E-state index contributed by atoms with van der Waals surface area (Å²) in [6.45, 7) is 4.88. The largest absolute Gasteiger partial charge is 0.366 e. The van der Waals surface area contributed by atoms with Gasteiger partial charge in [-0.2, -0.15) is 9.61 Å². The predicted octanol–water partition coefficient (Wildman–Crippen LogP) is 2.51. The lowest BCUT2D eigenvalue weighted by atomic mass is 9.96. The normalized spacial score (nSPS) is 18.0. The molecule has 1 unspecified atom stereocenters. The lowest BCUT2D eigenvalue weighted by Crippen LogP contribution is -2.29. The Bertz CT molecular complexity index is 820. The summed E-state index contributed by atoms with van der Waals surface area (Å²) in [7, 11) is 0. The molecule has 0 spiro atoms. The summed E-state index contributed by atoms with van der Waals surface area (Å²) in [6.07, 6.45) is 7.94. The van der Waals surface area contributed by atoms with Gasteiger partial charge < -0.3 is 10.6 Å². The number of nitrogens with one attached hydrogen (secondary N) is 2. The Morgan fingerprint density at radius 2 is 2.33 bits per heavy atom. The molecule has 0 bridgehead atoms. The van der Waals surface area contributed by atoms with Crippen molar-refractivity contribution < 1.29 is 0 Å². The highest BCUT2D eigenvalue weighted by atomic mass is 15.3. The highest BCUT2D eigenvalue weighted by Crippen LogP contribution is 2.26. The van der Waals surface area contributed by atoms with Crippen LogP contribution in [0.3, 0.4) is 0 Å². The van der Waals surface area contributed by atoms with Crippen LogP contribution in [-0.2, 0) is 6.54 Å². The zero-order valence-corrected chi connectivity index (χ0v) is 13.9. The fraction of sp³-hybridized carbons (Fsp3) is 0.389. The third-order valence-electron chi connectivity index (χ3n) is 4.58. The monoisotopic (exact) mass is 322 g/mol. The van der Waals surface area contributed by atoms with Gasteiger partial charge in [-0.1, -0.05) is 6.07 Å². The smallest absolute Gasteiger partial charge is 0.160 e. The molecule has 1 fully saturated rings. The van der Waals surface area contributed by atoms with Crippen molar-refractivity contribution in [2.45, 2.75) is 32.2 Å². The van der Waals surface area contributed by atoms with E-state index in [1.165, 1.54) is 12.8 Å². The molecule has 24 heavy (non-hydrogen) atoms. The molecule has 3 aromatic rings. The molecule has 1 aliphatic rings. The van der Waals surface area contributed by atoms with Crippen molar-refractivity contribution in [3.8, 4) is 0 Å². The molecule has 4 heterocycles. The highest BCUT2D eigenvalue weighted by Gasteiger charge is 2.19. The van der Waals surface area contributed by atoms with E-state index in [4.69, 9.17) is 4.98 Å². The lowest BCUT2D eigenvalue weighted by Gasteiger charge is -2.23. The van der Waals surface area contributed by atoms with Gasteiger partial charge in [0.15, 0.2) is 5.65 Å². The molecule has 1 saturated heterocycles. The van der Waals surface area contributed by atoms with E-state index in [9.17, 15) is 0 Å². The third kappa shape index (κ3) is 2.97. The molecule has 3 aromatic heterocycles. The second-order valence-corrected chi connectivity index (χ2v) is 6.39. The van der Waals surface area contributed by atoms with E-state index in [2.05, 4.69) is 39.8 Å². The van der Waals surface area contributed by atoms with E-state index in [0.717, 1.165) is 41.4 Å². The Morgan fingerprint density at radius 1 is 1.38 bits per heavy atom. The van der Waals surface area contributed by atoms with E-state index in [1.807, 2.05) is 23.0 Å². The summed E-state index contributed by atoms with van der Waals surface area (Å²) in [6, 6.07) is 6.17. The Morgan fingerprint density at radius 3 is 3.12 bits per heavy atom. The number of piperidine rings is 1. The van der Waals surface area contributed by atoms with Crippen LogP contribution in [0, 0.1) is 6.92 Å². The van der Waals surface area contributed by atoms with Crippen LogP contribution >= 0.6 is 0 Å². The van der Waals surface area contributed by atoms with E-state index >= 15 is 0 Å². The Hall–Kier alpha value is -2.47. The molecule has 4 rings (SSSR count). The van der Waals surface area contributed by atoms with Crippen molar-refractivity contribution in [3.05, 3.63) is 53.6 Å². The molecule has 0 aromatic carbocycles. The minimum absolute atomic E-state index is 0.469. The molecule has 0 saturated carbocycles.